The third-order valence-corrected chi connectivity index (χ3v) is 4.75. The summed E-state index contributed by atoms with van der Waals surface area (Å²) in [4.78, 5) is 0. The molecule has 132 valence electrons. The minimum Gasteiger partial charge on any atom is -0.488 e. The van der Waals surface area contributed by atoms with Crippen LogP contribution in [0.5, 0.6) is 5.75 Å². The van der Waals surface area contributed by atoms with Gasteiger partial charge in [0.15, 0.2) is 0 Å². The molecule has 6 heteroatoms. The number of anilines is 1. The molecule has 0 fully saturated rings. The van der Waals surface area contributed by atoms with E-state index in [1.165, 1.54) is 0 Å². The Morgan fingerprint density at radius 1 is 0.962 bits per heavy atom. The third-order valence-electron chi connectivity index (χ3n) is 3.52. The van der Waals surface area contributed by atoms with Crippen LogP contribution in [0.2, 0.25) is 10.0 Å². The minimum absolute atomic E-state index is 0.380. The molecule has 3 aromatic carbocycles. The highest BCUT2D eigenvalue weighted by molar-refractivity contribution is 9.10. The summed E-state index contributed by atoms with van der Waals surface area (Å²) in [5.74, 6) is 0.720. The van der Waals surface area contributed by atoms with Crippen molar-refractivity contribution >= 4 is 51.0 Å². The van der Waals surface area contributed by atoms with Gasteiger partial charge in [-0.05, 0) is 48.0 Å². The maximum atomic E-state index is 6.05. The molecular weight excluding hydrogens is 435 g/mol. The van der Waals surface area contributed by atoms with E-state index in [1.54, 1.807) is 18.3 Å². The second-order valence-corrected chi connectivity index (χ2v) is 7.19. The van der Waals surface area contributed by atoms with E-state index in [4.69, 9.17) is 27.9 Å². The van der Waals surface area contributed by atoms with E-state index < -0.39 is 0 Å². The monoisotopic (exact) mass is 448 g/mol. The van der Waals surface area contributed by atoms with Crippen LogP contribution < -0.4 is 10.2 Å². The molecule has 0 atom stereocenters. The Hall–Kier alpha value is -2.01. The van der Waals surface area contributed by atoms with Gasteiger partial charge in [-0.3, -0.25) is 5.43 Å². The van der Waals surface area contributed by atoms with E-state index in [-0.39, 0.29) is 0 Å². The standard InChI is InChI=1S/C20H15BrCl2N2O/c21-16-7-9-20(26-13-14-6-8-18(22)19(23)10-14)15(11-16)12-24-25-17-4-2-1-3-5-17/h1-12,25H,13H2. The van der Waals surface area contributed by atoms with Crippen molar-refractivity contribution in [2.45, 2.75) is 6.61 Å². The second kappa shape index (κ2) is 9.08. The lowest BCUT2D eigenvalue weighted by Gasteiger charge is -2.10. The van der Waals surface area contributed by atoms with Gasteiger partial charge in [-0.25, -0.2) is 0 Å². The predicted octanol–water partition coefficient (Wildman–Crippen LogP) is 6.78. The van der Waals surface area contributed by atoms with Crippen molar-refractivity contribution in [2.75, 3.05) is 5.43 Å². The van der Waals surface area contributed by atoms with E-state index in [2.05, 4.69) is 26.5 Å². The normalized spacial score (nSPS) is 10.9. The average Bonchev–Trinajstić information content (AvgIpc) is 2.65. The van der Waals surface area contributed by atoms with E-state index in [0.29, 0.717) is 16.7 Å². The minimum atomic E-state index is 0.380. The molecule has 0 radical (unpaired) electrons. The number of ether oxygens (including phenoxy) is 1. The number of rotatable bonds is 6. The number of benzene rings is 3. The molecule has 0 saturated heterocycles. The molecule has 0 unspecified atom stereocenters. The van der Waals surface area contributed by atoms with Crippen LogP contribution in [-0.2, 0) is 6.61 Å². The smallest absolute Gasteiger partial charge is 0.128 e. The molecule has 26 heavy (non-hydrogen) atoms. The largest absolute Gasteiger partial charge is 0.488 e. The molecule has 0 aliphatic carbocycles. The summed E-state index contributed by atoms with van der Waals surface area (Å²) in [6.07, 6.45) is 1.72. The molecular formula is C20H15BrCl2N2O. The first-order valence-electron chi connectivity index (χ1n) is 7.82. The lowest BCUT2D eigenvalue weighted by atomic mass is 10.2. The lowest BCUT2D eigenvalue weighted by Crippen LogP contribution is -1.99. The first kappa shape index (κ1) is 18.8. The fourth-order valence-corrected chi connectivity index (χ4v) is 2.93. The first-order chi connectivity index (χ1) is 12.6. The molecule has 1 N–H and O–H groups in total. The maximum absolute atomic E-state index is 6.05. The molecule has 0 spiro atoms. The molecule has 0 bridgehead atoms. The van der Waals surface area contributed by atoms with Crippen molar-refractivity contribution in [1.82, 2.24) is 0 Å². The van der Waals surface area contributed by atoms with E-state index >= 15 is 0 Å². The van der Waals surface area contributed by atoms with Crippen molar-refractivity contribution in [3.8, 4) is 5.75 Å². The van der Waals surface area contributed by atoms with Gasteiger partial charge in [0.1, 0.15) is 12.4 Å². The number of hydrogen-bond donors (Lipinski definition) is 1. The summed E-state index contributed by atoms with van der Waals surface area (Å²) >= 11 is 15.5. The zero-order valence-corrected chi connectivity index (χ0v) is 16.7. The lowest BCUT2D eigenvalue weighted by molar-refractivity contribution is 0.306. The Kier molecular flexibility index (Phi) is 6.56. The van der Waals surface area contributed by atoms with Crippen LogP contribution in [0, 0.1) is 0 Å². The van der Waals surface area contributed by atoms with Crippen LogP contribution in [0.25, 0.3) is 0 Å². The van der Waals surface area contributed by atoms with Gasteiger partial charge in [-0.1, -0.05) is 63.4 Å². The van der Waals surface area contributed by atoms with Gasteiger partial charge >= 0.3 is 0 Å². The number of para-hydroxylation sites is 1. The molecule has 3 rings (SSSR count). The zero-order chi connectivity index (χ0) is 18.4. The molecule has 0 amide bonds. The van der Waals surface area contributed by atoms with Crippen molar-refractivity contribution in [3.63, 3.8) is 0 Å². The number of nitrogens with zero attached hydrogens (tertiary/aromatic N) is 1. The van der Waals surface area contributed by atoms with Crippen LogP contribution >= 0.6 is 39.1 Å². The summed E-state index contributed by atoms with van der Waals surface area (Å²) in [7, 11) is 0. The van der Waals surface area contributed by atoms with Gasteiger partial charge in [-0.15, -0.1) is 0 Å². The van der Waals surface area contributed by atoms with Crippen LogP contribution in [-0.4, -0.2) is 6.21 Å². The Balaban J connectivity index is 1.71. The van der Waals surface area contributed by atoms with Crippen LogP contribution in [0.15, 0.2) is 76.3 Å². The number of halogens is 3. The molecule has 0 heterocycles. The fraction of sp³-hybridized carbons (Fsp3) is 0.0500. The summed E-state index contributed by atoms with van der Waals surface area (Å²) in [5.41, 5.74) is 5.70. The van der Waals surface area contributed by atoms with E-state index in [9.17, 15) is 0 Å². The van der Waals surface area contributed by atoms with Crippen molar-refractivity contribution in [1.29, 1.82) is 0 Å². The van der Waals surface area contributed by atoms with Gasteiger partial charge in [0.2, 0.25) is 0 Å². The molecule has 3 aromatic rings. The number of hydrogen-bond acceptors (Lipinski definition) is 3. The molecule has 0 aromatic heterocycles. The molecule has 0 saturated carbocycles. The van der Waals surface area contributed by atoms with E-state index in [0.717, 1.165) is 27.0 Å². The van der Waals surface area contributed by atoms with Crippen LogP contribution in [0.4, 0.5) is 5.69 Å². The summed E-state index contributed by atoms with van der Waals surface area (Å²) in [6, 6.07) is 20.9. The Labute approximate surface area is 170 Å². The topological polar surface area (TPSA) is 33.6 Å². The van der Waals surface area contributed by atoms with Gasteiger partial charge in [-0.2, -0.15) is 5.10 Å². The van der Waals surface area contributed by atoms with Gasteiger partial charge in [0.05, 0.1) is 21.9 Å². The predicted molar refractivity (Wildman–Crippen MR) is 113 cm³/mol. The Morgan fingerprint density at radius 3 is 2.54 bits per heavy atom. The summed E-state index contributed by atoms with van der Waals surface area (Å²) < 4.78 is 6.88. The quantitative estimate of drug-likeness (QED) is 0.332. The number of nitrogens with one attached hydrogen (secondary N) is 1. The zero-order valence-electron chi connectivity index (χ0n) is 13.6. The van der Waals surface area contributed by atoms with Crippen molar-refractivity contribution in [2.24, 2.45) is 5.10 Å². The fourth-order valence-electron chi connectivity index (χ4n) is 2.23. The number of hydrazone groups is 1. The molecule has 0 aliphatic rings. The summed E-state index contributed by atoms with van der Waals surface area (Å²) in [6.45, 7) is 0.380. The van der Waals surface area contributed by atoms with Gasteiger partial charge < -0.3 is 4.74 Å². The Bertz CT molecular complexity index is 917. The third kappa shape index (κ3) is 5.24. The van der Waals surface area contributed by atoms with Crippen LogP contribution in [0.3, 0.4) is 0 Å². The average molecular weight is 450 g/mol. The highest BCUT2D eigenvalue weighted by atomic mass is 79.9. The second-order valence-electron chi connectivity index (χ2n) is 5.46. The van der Waals surface area contributed by atoms with Gasteiger partial charge in [0, 0.05) is 10.0 Å². The van der Waals surface area contributed by atoms with E-state index in [1.807, 2.05) is 54.6 Å². The maximum Gasteiger partial charge on any atom is 0.128 e. The SMILES string of the molecule is Clc1ccc(COc2ccc(Br)cc2C=NNc2ccccc2)cc1Cl. The van der Waals surface area contributed by atoms with Crippen LogP contribution in [0.1, 0.15) is 11.1 Å². The van der Waals surface area contributed by atoms with Crippen molar-refractivity contribution < 1.29 is 4.74 Å². The Morgan fingerprint density at radius 2 is 1.77 bits per heavy atom. The summed E-state index contributed by atoms with van der Waals surface area (Å²) in [5, 5.41) is 5.32. The molecule has 0 aliphatic heterocycles. The first-order valence-corrected chi connectivity index (χ1v) is 9.37. The van der Waals surface area contributed by atoms with Crippen molar-refractivity contribution in [3.05, 3.63) is 92.4 Å². The molecule has 3 nitrogen and oxygen atoms in total. The van der Waals surface area contributed by atoms with Gasteiger partial charge in [0.25, 0.3) is 0 Å². The highest BCUT2D eigenvalue weighted by Gasteiger charge is 2.05. The highest BCUT2D eigenvalue weighted by Crippen LogP contribution is 2.25.